The van der Waals surface area contributed by atoms with Gasteiger partial charge in [0.15, 0.2) is 0 Å². The van der Waals surface area contributed by atoms with Gasteiger partial charge in [-0.1, -0.05) is 12.1 Å². The standard InChI is InChI=1S/C25H28N2O6/c1-16-15-19(32-2)7-8-20(16)23(29)21-22(17-3-5-18(28)6-4-17)27(25(31)24(21)30)10-9-26-11-13-33-14-12-26/h3-8,15,22,28-29H,9-14H2,1-2H3/t22-/m1/s1. The Bertz CT molecular complexity index is 1070. The second-order valence-corrected chi connectivity index (χ2v) is 8.22. The number of hydrogen-bond acceptors (Lipinski definition) is 7. The highest BCUT2D eigenvalue weighted by atomic mass is 16.5. The van der Waals surface area contributed by atoms with Crippen LogP contribution in [-0.2, 0) is 14.3 Å². The van der Waals surface area contributed by atoms with E-state index in [1.54, 1.807) is 37.4 Å². The van der Waals surface area contributed by atoms with Crippen LogP contribution < -0.4 is 4.74 Å². The number of phenolic OH excluding ortho intramolecular Hbond substituents is 1. The Labute approximate surface area is 192 Å². The summed E-state index contributed by atoms with van der Waals surface area (Å²) in [5.41, 5.74) is 1.87. The zero-order valence-corrected chi connectivity index (χ0v) is 18.8. The van der Waals surface area contributed by atoms with Crippen molar-refractivity contribution in [3.05, 3.63) is 64.7 Å². The molecule has 0 aromatic heterocycles. The number of nitrogens with zero attached hydrogens (tertiary/aromatic N) is 2. The van der Waals surface area contributed by atoms with Crippen LogP contribution in [0.4, 0.5) is 0 Å². The fraction of sp³-hybridized carbons (Fsp3) is 0.360. The average molecular weight is 453 g/mol. The summed E-state index contributed by atoms with van der Waals surface area (Å²) in [5.74, 6) is -0.877. The van der Waals surface area contributed by atoms with Crippen LogP contribution in [0.5, 0.6) is 11.5 Å². The third-order valence-electron chi connectivity index (χ3n) is 6.20. The number of carbonyl (C=O) groups excluding carboxylic acids is 2. The normalized spacial score (nSPS) is 20.9. The van der Waals surface area contributed by atoms with Crippen molar-refractivity contribution in [1.29, 1.82) is 0 Å². The zero-order valence-electron chi connectivity index (χ0n) is 18.8. The van der Waals surface area contributed by atoms with Crippen molar-refractivity contribution in [2.75, 3.05) is 46.5 Å². The number of methoxy groups -OCH3 is 1. The first-order valence-electron chi connectivity index (χ1n) is 10.9. The van der Waals surface area contributed by atoms with E-state index in [-0.39, 0.29) is 17.1 Å². The molecule has 2 N–H and O–H groups in total. The molecule has 2 saturated heterocycles. The number of carbonyl (C=O) groups is 2. The zero-order chi connectivity index (χ0) is 23.5. The molecular weight excluding hydrogens is 424 g/mol. The van der Waals surface area contributed by atoms with E-state index >= 15 is 0 Å². The molecule has 0 bridgehead atoms. The third kappa shape index (κ3) is 4.58. The molecule has 0 radical (unpaired) electrons. The number of aliphatic hydroxyl groups is 1. The first-order chi connectivity index (χ1) is 15.9. The molecular formula is C25H28N2O6. The lowest BCUT2D eigenvalue weighted by Crippen LogP contribution is -2.42. The Balaban J connectivity index is 1.75. The number of ether oxygens (including phenoxy) is 2. The summed E-state index contributed by atoms with van der Waals surface area (Å²) in [4.78, 5) is 29.9. The Morgan fingerprint density at radius 2 is 1.79 bits per heavy atom. The van der Waals surface area contributed by atoms with Crippen molar-refractivity contribution in [3.63, 3.8) is 0 Å². The lowest BCUT2D eigenvalue weighted by molar-refractivity contribution is -0.140. The molecule has 174 valence electrons. The van der Waals surface area contributed by atoms with Gasteiger partial charge in [-0.05, 0) is 48.4 Å². The average Bonchev–Trinajstić information content (AvgIpc) is 3.08. The van der Waals surface area contributed by atoms with Crippen molar-refractivity contribution < 1.29 is 29.3 Å². The lowest BCUT2D eigenvalue weighted by atomic mass is 9.94. The SMILES string of the molecule is COc1ccc(C(O)=C2C(=O)C(=O)N(CCN3CCOCC3)[C@@H]2c2ccc(O)cc2)c(C)c1. The maximum absolute atomic E-state index is 13.1. The molecule has 1 amide bonds. The quantitative estimate of drug-likeness (QED) is 0.395. The number of aryl methyl sites for hydroxylation is 1. The number of Topliss-reactive ketones (excluding diaryl/α,β-unsaturated/α-hetero) is 1. The number of phenols is 1. The van der Waals surface area contributed by atoms with E-state index < -0.39 is 17.7 Å². The van der Waals surface area contributed by atoms with Crippen molar-refractivity contribution in [3.8, 4) is 11.5 Å². The number of aliphatic hydroxyl groups excluding tert-OH is 1. The molecule has 8 heteroatoms. The number of aromatic hydroxyl groups is 1. The van der Waals surface area contributed by atoms with E-state index in [0.29, 0.717) is 43.2 Å². The number of amides is 1. The van der Waals surface area contributed by atoms with Gasteiger partial charge in [0, 0.05) is 31.7 Å². The molecule has 0 unspecified atom stereocenters. The molecule has 33 heavy (non-hydrogen) atoms. The molecule has 2 heterocycles. The van der Waals surface area contributed by atoms with Gasteiger partial charge >= 0.3 is 0 Å². The third-order valence-corrected chi connectivity index (χ3v) is 6.20. The smallest absolute Gasteiger partial charge is 0.295 e. The number of benzene rings is 2. The van der Waals surface area contributed by atoms with Gasteiger partial charge in [-0.2, -0.15) is 0 Å². The lowest BCUT2D eigenvalue weighted by Gasteiger charge is -2.31. The molecule has 2 aliphatic heterocycles. The molecule has 0 aliphatic carbocycles. The van der Waals surface area contributed by atoms with E-state index in [2.05, 4.69) is 4.90 Å². The highest BCUT2D eigenvalue weighted by Crippen LogP contribution is 2.40. The highest BCUT2D eigenvalue weighted by molar-refractivity contribution is 6.46. The highest BCUT2D eigenvalue weighted by Gasteiger charge is 2.46. The summed E-state index contributed by atoms with van der Waals surface area (Å²) < 4.78 is 10.6. The minimum absolute atomic E-state index is 0.0425. The number of likely N-dealkylation sites (tertiary alicyclic amines) is 1. The Hall–Kier alpha value is -3.36. The Morgan fingerprint density at radius 3 is 2.42 bits per heavy atom. The first-order valence-corrected chi connectivity index (χ1v) is 10.9. The van der Waals surface area contributed by atoms with Crippen molar-refractivity contribution in [2.45, 2.75) is 13.0 Å². The van der Waals surface area contributed by atoms with Gasteiger partial charge in [0.2, 0.25) is 0 Å². The van der Waals surface area contributed by atoms with E-state index in [1.165, 1.54) is 17.0 Å². The van der Waals surface area contributed by atoms with Gasteiger partial charge in [-0.25, -0.2) is 0 Å². The van der Waals surface area contributed by atoms with Crippen LogP contribution >= 0.6 is 0 Å². The summed E-state index contributed by atoms with van der Waals surface area (Å²) in [6, 6.07) is 10.7. The summed E-state index contributed by atoms with van der Waals surface area (Å²) in [5, 5.41) is 21.0. The number of rotatable bonds is 6. The van der Waals surface area contributed by atoms with Crippen LogP contribution in [0.3, 0.4) is 0 Å². The van der Waals surface area contributed by atoms with Crippen LogP contribution in [0, 0.1) is 6.92 Å². The maximum Gasteiger partial charge on any atom is 0.295 e. The molecule has 2 aromatic rings. The van der Waals surface area contributed by atoms with Crippen molar-refractivity contribution in [2.24, 2.45) is 0 Å². The molecule has 0 saturated carbocycles. The minimum atomic E-state index is -0.756. The maximum atomic E-state index is 13.1. The summed E-state index contributed by atoms with van der Waals surface area (Å²) in [7, 11) is 1.55. The largest absolute Gasteiger partial charge is 0.508 e. The summed E-state index contributed by atoms with van der Waals surface area (Å²) >= 11 is 0. The fourth-order valence-electron chi connectivity index (χ4n) is 4.36. The van der Waals surface area contributed by atoms with Gasteiger partial charge in [-0.15, -0.1) is 0 Å². The molecule has 2 aliphatic rings. The molecule has 0 spiro atoms. The topological polar surface area (TPSA) is 99.5 Å². The van der Waals surface area contributed by atoms with Crippen LogP contribution in [0.2, 0.25) is 0 Å². The summed E-state index contributed by atoms with van der Waals surface area (Å²) in [6.45, 7) is 5.52. The van der Waals surface area contributed by atoms with Gasteiger partial charge in [0.05, 0.1) is 31.9 Å². The number of hydrogen-bond donors (Lipinski definition) is 2. The number of morpholine rings is 1. The fourth-order valence-corrected chi connectivity index (χ4v) is 4.36. The van der Waals surface area contributed by atoms with E-state index in [9.17, 15) is 19.8 Å². The predicted octanol–water partition coefficient (Wildman–Crippen LogP) is 2.46. The molecule has 2 aromatic carbocycles. The minimum Gasteiger partial charge on any atom is -0.508 e. The van der Waals surface area contributed by atoms with Gasteiger partial charge in [-0.3, -0.25) is 14.5 Å². The van der Waals surface area contributed by atoms with E-state index in [1.807, 2.05) is 6.92 Å². The Morgan fingerprint density at radius 1 is 1.09 bits per heavy atom. The van der Waals surface area contributed by atoms with Crippen LogP contribution in [0.15, 0.2) is 48.0 Å². The van der Waals surface area contributed by atoms with E-state index in [0.717, 1.165) is 18.7 Å². The first kappa shape index (κ1) is 22.8. The second kappa shape index (κ2) is 9.64. The predicted molar refractivity (Wildman–Crippen MR) is 122 cm³/mol. The molecule has 8 nitrogen and oxygen atoms in total. The number of ketones is 1. The van der Waals surface area contributed by atoms with Gasteiger partial charge in [0.1, 0.15) is 17.3 Å². The van der Waals surface area contributed by atoms with E-state index in [4.69, 9.17) is 9.47 Å². The van der Waals surface area contributed by atoms with Gasteiger partial charge < -0.3 is 24.6 Å². The van der Waals surface area contributed by atoms with Crippen LogP contribution in [-0.4, -0.2) is 78.2 Å². The molecule has 2 fully saturated rings. The Kier molecular flexibility index (Phi) is 6.67. The van der Waals surface area contributed by atoms with Crippen LogP contribution in [0.25, 0.3) is 5.76 Å². The van der Waals surface area contributed by atoms with Crippen molar-refractivity contribution >= 4 is 17.4 Å². The monoisotopic (exact) mass is 452 g/mol. The van der Waals surface area contributed by atoms with Gasteiger partial charge in [0.25, 0.3) is 11.7 Å². The molecule has 1 atom stereocenters. The van der Waals surface area contributed by atoms with Crippen molar-refractivity contribution in [1.82, 2.24) is 9.80 Å². The second-order valence-electron chi connectivity index (χ2n) is 8.22. The summed E-state index contributed by atoms with van der Waals surface area (Å²) in [6.07, 6.45) is 0. The van der Waals surface area contributed by atoms with Crippen LogP contribution in [0.1, 0.15) is 22.7 Å². The molecule has 4 rings (SSSR count).